The normalized spacial score (nSPS) is 11.4. The van der Waals surface area contributed by atoms with Crippen molar-refractivity contribution < 1.29 is 9.18 Å². The lowest BCUT2D eigenvalue weighted by Crippen LogP contribution is -2.45. The van der Waals surface area contributed by atoms with Gasteiger partial charge in [-0.25, -0.2) is 4.39 Å². The smallest absolute Gasteiger partial charge is 0.242 e. The van der Waals surface area contributed by atoms with Crippen LogP contribution < -0.4 is 5.32 Å². The van der Waals surface area contributed by atoms with E-state index < -0.39 is 0 Å². The molecule has 0 unspecified atom stereocenters. The molecule has 0 radical (unpaired) electrons. The topological polar surface area (TPSA) is 47.9 Å². The van der Waals surface area contributed by atoms with Gasteiger partial charge < -0.3 is 15.1 Å². The van der Waals surface area contributed by atoms with Crippen LogP contribution in [0.15, 0.2) is 23.2 Å². The van der Waals surface area contributed by atoms with Crippen LogP contribution in [-0.4, -0.2) is 61.4 Å². The van der Waals surface area contributed by atoms with Gasteiger partial charge in [0.25, 0.3) is 0 Å². The van der Waals surface area contributed by atoms with E-state index >= 15 is 0 Å². The van der Waals surface area contributed by atoms with E-state index in [1.165, 1.54) is 6.07 Å². The van der Waals surface area contributed by atoms with Crippen LogP contribution in [0.4, 0.5) is 4.39 Å². The zero-order chi connectivity index (χ0) is 18.8. The SMILES string of the molecule is CCNC(=NCCc1c(F)cccc1Cl)N(C)CC(=O)N(CC)CC. The molecule has 7 heteroatoms. The second kappa shape index (κ2) is 10.9. The summed E-state index contributed by atoms with van der Waals surface area (Å²) >= 11 is 6.04. The summed E-state index contributed by atoms with van der Waals surface area (Å²) < 4.78 is 13.8. The number of rotatable bonds is 8. The van der Waals surface area contributed by atoms with E-state index in [-0.39, 0.29) is 18.3 Å². The molecule has 25 heavy (non-hydrogen) atoms. The number of nitrogens with one attached hydrogen (secondary N) is 1. The standard InChI is InChI=1S/C18H28ClFN4O/c1-5-21-18(23(4)13-17(25)24(6-2)7-3)22-12-11-14-15(19)9-8-10-16(14)20/h8-10H,5-7,11-13H2,1-4H3,(H,21,22). The third kappa shape index (κ3) is 6.53. The van der Waals surface area contributed by atoms with Crippen LogP contribution >= 0.6 is 11.6 Å². The number of hydrogen-bond acceptors (Lipinski definition) is 2. The molecule has 0 heterocycles. The quantitative estimate of drug-likeness (QED) is 0.565. The fourth-order valence-corrected chi connectivity index (χ4v) is 2.73. The third-order valence-electron chi connectivity index (χ3n) is 3.87. The number of aliphatic imine (C=N–C) groups is 1. The number of guanidine groups is 1. The molecule has 1 N–H and O–H groups in total. The molecule has 5 nitrogen and oxygen atoms in total. The van der Waals surface area contributed by atoms with Gasteiger partial charge in [0.2, 0.25) is 5.91 Å². The molecule has 0 atom stereocenters. The molecule has 0 saturated heterocycles. The molecule has 0 saturated carbocycles. The Labute approximate surface area is 154 Å². The van der Waals surface area contributed by atoms with Gasteiger partial charge in [-0.1, -0.05) is 17.7 Å². The average Bonchev–Trinajstić information content (AvgIpc) is 2.57. The van der Waals surface area contributed by atoms with Gasteiger partial charge >= 0.3 is 0 Å². The largest absolute Gasteiger partial charge is 0.357 e. The summed E-state index contributed by atoms with van der Waals surface area (Å²) in [7, 11) is 1.82. The Morgan fingerprint density at radius 1 is 1.28 bits per heavy atom. The first-order valence-corrected chi connectivity index (χ1v) is 9.02. The predicted octanol–water partition coefficient (Wildman–Crippen LogP) is 2.79. The molecule has 0 aliphatic carbocycles. The van der Waals surface area contributed by atoms with Crippen LogP contribution in [-0.2, 0) is 11.2 Å². The molecule has 0 aliphatic rings. The minimum absolute atomic E-state index is 0.0512. The summed E-state index contributed by atoms with van der Waals surface area (Å²) in [5, 5.41) is 3.56. The summed E-state index contributed by atoms with van der Waals surface area (Å²) in [5.41, 5.74) is 0.464. The summed E-state index contributed by atoms with van der Waals surface area (Å²) in [6, 6.07) is 4.65. The second-order valence-corrected chi connectivity index (χ2v) is 6.02. The minimum atomic E-state index is -0.322. The van der Waals surface area contributed by atoms with Gasteiger partial charge in [-0.15, -0.1) is 0 Å². The molecule has 1 rings (SSSR count). The van der Waals surface area contributed by atoms with Crippen LogP contribution in [0.25, 0.3) is 0 Å². The van der Waals surface area contributed by atoms with Gasteiger partial charge in [0.05, 0.1) is 6.54 Å². The van der Waals surface area contributed by atoms with E-state index in [4.69, 9.17) is 11.6 Å². The highest BCUT2D eigenvalue weighted by molar-refractivity contribution is 6.31. The van der Waals surface area contributed by atoms with Gasteiger partial charge in [-0.2, -0.15) is 0 Å². The number of likely N-dealkylation sites (N-methyl/N-ethyl adjacent to an activating group) is 2. The van der Waals surface area contributed by atoms with E-state index in [2.05, 4.69) is 10.3 Å². The average molecular weight is 371 g/mol. The summed E-state index contributed by atoms with van der Waals surface area (Å²) in [4.78, 5) is 20.3. The number of hydrogen-bond donors (Lipinski definition) is 1. The lowest BCUT2D eigenvalue weighted by atomic mass is 10.1. The van der Waals surface area contributed by atoms with Crippen LogP contribution in [0.2, 0.25) is 5.02 Å². The fourth-order valence-electron chi connectivity index (χ4n) is 2.47. The number of benzene rings is 1. The van der Waals surface area contributed by atoms with Crippen LogP contribution in [0, 0.1) is 5.82 Å². The van der Waals surface area contributed by atoms with Gasteiger partial charge in [0.1, 0.15) is 5.82 Å². The Kier molecular flexibility index (Phi) is 9.27. The molecule has 0 fully saturated rings. The minimum Gasteiger partial charge on any atom is -0.357 e. The molecule has 1 aromatic rings. The number of carbonyl (C=O) groups is 1. The lowest BCUT2D eigenvalue weighted by Gasteiger charge is -2.25. The number of halogens is 2. The molecular weight excluding hydrogens is 343 g/mol. The zero-order valence-electron chi connectivity index (χ0n) is 15.5. The summed E-state index contributed by atoms with van der Waals surface area (Å²) in [6.45, 7) is 8.55. The van der Waals surface area contributed by atoms with Crippen LogP contribution in [0.5, 0.6) is 0 Å². The highest BCUT2D eigenvalue weighted by Crippen LogP contribution is 2.19. The Hall–Kier alpha value is -1.82. The molecule has 0 aromatic heterocycles. The molecule has 1 aromatic carbocycles. The van der Waals surface area contributed by atoms with Crippen molar-refractivity contribution in [2.75, 3.05) is 39.8 Å². The Balaban J connectivity index is 2.74. The van der Waals surface area contributed by atoms with Gasteiger partial charge in [0, 0.05) is 43.8 Å². The van der Waals surface area contributed by atoms with Crippen molar-refractivity contribution in [1.82, 2.24) is 15.1 Å². The van der Waals surface area contributed by atoms with Crippen LogP contribution in [0.3, 0.4) is 0 Å². The van der Waals surface area contributed by atoms with Gasteiger partial charge in [-0.05, 0) is 39.3 Å². The second-order valence-electron chi connectivity index (χ2n) is 5.61. The van der Waals surface area contributed by atoms with Crippen molar-refractivity contribution in [2.45, 2.75) is 27.2 Å². The predicted molar refractivity (Wildman–Crippen MR) is 102 cm³/mol. The van der Waals surface area contributed by atoms with Crippen molar-refractivity contribution in [3.63, 3.8) is 0 Å². The van der Waals surface area contributed by atoms with Crippen molar-refractivity contribution in [3.8, 4) is 0 Å². The molecule has 0 bridgehead atoms. The molecule has 1 amide bonds. The van der Waals surface area contributed by atoms with Crippen molar-refractivity contribution in [3.05, 3.63) is 34.6 Å². The first-order valence-electron chi connectivity index (χ1n) is 8.64. The van der Waals surface area contributed by atoms with Crippen molar-refractivity contribution >= 4 is 23.5 Å². The van der Waals surface area contributed by atoms with E-state index in [1.54, 1.807) is 21.9 Å². The van der Waals surface area contributed by atoms with Gasteiger partial charge in [0.15, 0.2) is 5.96 Å². The zero-order valence-corrected chi connectivity index (χ0v) is 16.2. The number of carbonyl (C=O) groups excluding carboxylic acids is 1. The summed E-state index contributed by atoms with van der Waals surface area (Å²) in [6.07, 6.45) is 0.401. The Bertz CT molecular complexity index is 570. The third-order valence-corrected chi connectivity index (χ3v) is 4.22. The Morgan fingerprint density at radius 3 is 2.52 bits per heavy atom. The Morgan fingerprint density at radius 2 is 1.96 bits per heavy atom. The first-order chi connectivity index (χ1) is 11.9. The van der Waals surface area contributed by atoms with Crippen molar-refractivity contribution in [1.29, 1.82) is 0 Å². The van der Waals surface area contributed by atoms with E-state index in [9.17, 15) is 9.18 Å². The molecule has 0 spiro atoms. The first kappa shape index (κ1) is 21.2. The fraction of sp³-hybridized carbons (Fsp3) is 0.556. The lowest BCUT2D eigenvalue weighted by molar-refractivity contribution is -0.131. The van der Waals surface area contributed by atoms with Crippen LogP contribution in [0.1, 0.15) is 26.3 Å². The highest BCUT2D eigenvalue weighted by Gasteiger charge is 2.15. The molecule has 140 valence electrons. The maximum atomic E-state index is 13.8. The number of amides is 1. The maximum Gasteiger partial charge on any atom is 0.242 e. The van der Waals surface area contributed by atoms with E-state index in [1.807, 2.05) is 27.8 Å². The van der Waals surface area contributed by atoms with E-state index in [0.717, 1.165) is 0 Å². The van der Waals surface area contributed by atoms with Crippen molar-refractivity contribution in [2.24, 2.45) is 4.99 Å². The van der Waals surface area contributed by atoms with E-state index in [0.29, 0.717) is 49.1 Å². The molecular formula is C18H28ClFN4O. The summed E-state index contributed by atoms with van der Waals surface area (Å²) in [5.74, 6) is 0.350. The van der Waals surface area contributed by atoms with Gasteiger partial charge in [-0.3, -0.25) is 9.79 Å². The molecule has 0 aliphatic heterocycles. The number of nitrogens with zero attached hydrogens (tertiary/aromatic N) is 3. The monoisotopic (exact) mass is 370 g/mol. The highest BCUT2D eigenvalue weighted by atomic mass is 35.5. The maximum absolute atomic E-state index is 13.8.